The number of aromatic nitrogens is 1. The summed E-state index contributed by atoms with van der Waals surface area (Å²) in [5, 5.41) is 26.2. The van der Waals surface area contributed by atoms with Crippen molar-refractivity contribution in [1.82, 2.24) is 65.9 Å². The van der Waals surface area contributed by atoms with Gasteiger partial charge in [0.05, 0.1) is 32.3 Å². The number of amides is 12. The van der Waals surface area contributed by atoms with E-state index in [0.29, 0.717) is 32.1 Å². The Morgan fingerprint density at radius 2 is 1.24 bits per heavy atom. The van der Waals surface area contributed by atoms with Crippen molar-refractivity contribution in [3.63, 3.8) is 0 Å². The summed E-state index contributed by atoms with van der Waals surface area (Å²) < 4.78 is 0. The number of hydrogen-bond acceptors (Lipinski definition) is 16. The van der Waals surface area contributed by atoms with Gasteiger partial charge in [0.1, 0.15) is 47.3 Å². The predicted molar refractivity (Wildman–Crippen MR) is 351 cm³/mol. The quantitative estimate of drug-likeness (QED) is 0.0584. The van der Waals surface area contributed by atoms with Gasteiger partial charge in [-0.2, -0.15) is 0 Å². The van der Waals surface area contributed by atoms with Crippen LogP contribution in [-0.2, 0) is 57.5 Å². The largest absolute Gasteiger partial charge is 0.390 e. The van der Waals surface area contributed by atoms with Crippen molar-refractivity contribution in [2.24, 2.45) is 23.7 Å². The van der Waals surface area contributed by atoms with E-state index >= 15 is 9.59 Å². The average Bonchev–Trinajstić information content (AvgIpc) is 1.90. The van der Waals surface area contributed by atoms with E-state index in [4.69, 9.17) is 0 Å². The van der Waals surface area contributed by atoms with Crippen LogP contribution < -0.4 is 26.6 Å². The summed E-state index contributed by atoms with van der Waals surface area (Å²) in [5.74, 6) is -8.85. The lowest BCUT2D eigenvalue weighted by Gasteiger charge is -2.41. The highest BCUT2D eigenvalue weighted by atomic mass is 33.1. The SMILES string of the molecule is C/C=C/C[C@@H](C)[C@@H](O)[C@H]1C(=O)N[C@@H](CC)C(=O)N(C)CC(=O)N(C)CC(=O)N[C@@H](CCCCNC(=O)CCCSSc2ccccn2)C(=O)N(C)CC(=O)NCC(=O)N[C@H](C)C(=O)N(C)[C@@H](CC(C)C)C(=O)N(C)[C@@H](CC(C)C)C(=O)N(C)[C@@H](C(C)C)C(=O)N1C. The molecule has 0 spiro atoms. The van der Waals surface area contributed by atoms with Gasteiger partial charge in [-0.25, -0.2) is 4.98 Å². The molecule has 6 N–H and O–H groups in total. The molecule has 0 bridgehead atoms. The highest BCUT2D eigenvalue weighted by Crippen LogP contribution is 2.30. The Labute approximate surface area is 547 Å². The molecule has 2 heterocycles. The Balaban J connectivity index is 2.63. The van der Waals surface area contributed by atoms with Gasteiger partial charge in [-0.05, 0) is 112 Å². The first-order chi connectivity index (χ1) is 42.7. The van der Waals surface area contributed by atoms with E-state index in [2.05, 4.69) is 31.6 Å². The number of unbranched alkanes of at least 4 members (excludes halogenated alkanes) is 1. The molecule has 1 aliphatic heterocycles. The summed E-state index contributed by atoms with van der Waals surface area (Å²) >= 11 is 0. The first-order valence-corrected chi connectivity index (χ1v) is 33.7. The fourth-order valence-corrected chi connectivity index (χ4v) is 12.3. The Kier molecular flexibility index (Phi) is 35.5. The monoisotopic (exact) mass is 1320 g/mol. The molecule has 91 heavy (non-hydrogen) atoms. The topological polar surface area (TPSA) is 321 Å². The maximum atomic E-state index is 15.1. The summed E-state index contributed by atoms with van der Waals surface area (Å²) in [7, 11) is 12.7. The molecule has 26 nitrogen and oxygen atoms in total. The number of aliphatic hydroxyl groups excluding tert-OH is 1. The zero-order valence-corrected chi connectivity index (χ0v) is 58.4. The van der Waals surface area contributed by atoms with E-state index in [1.807, 2.05) is 45.9 Å². The molecular weight excluding hydrogens is 1210 g/mol. The summed E-state index contributed by atoms with van der Waals surface area (Å²) in [4.78, 5) is 181. The summed E-state index contributed by atoms with van der Waals surface area (Å²) in [5.41, 5.74) is 0. The fourth-order valence-electron chi connectivity index (χ4n) is 10.4. The Morgan fingerprint density at radius 1 is 0.670 bits per heavy atom. The van der Waals surface area contributed by atoms with Gasteiger partial charge in [0.15, 0.2) is 0 Å². The predicted octanol–water partition coefficient (Wildman–Crippen LogP) is 2.30. The van der Waals surface area contributed by atoms with Gasteiger partial charge in [-0.1, -0.05) is 84.4 Å². The number of hydrogen-bond donors (Lipinski definition) is 6. The second kappa shape index (κ2) is 40.2. The Hall–Kier alpha value is -6.81. The third-order valence-electron chi connectivity index (χ3n) is 15.7. The lowest BCUT2D eigenvalue weighted by atomic mass is 9.91. The molecule has 1 fully saturated rings. The molecule has 1 aromatic rings. The smallest absolute Gasteiger partial charge is 0.246 e. The Bertz CT molecular complexity index is 2630. The number of nitrogens with one attached hydrogen (secondary N) is 5. The van der Waals surface area contributed by atoms with Crippen molar-refractivity contribution in [1.29, 1.82) is 0 Å². The van der Waals surface area contributed by atoms with Crippen molar-refractivity contribution in [3.8, 4) is 0 Å². The zero-order chi connectivity index (χ0) is 69.0. The van der Waals surface area contributed by atoms with Crippen LogP contribution in [0.5, 0.6) is 0 Å². The number of nitrogens with zero attached hydrogens (tertiary/aromatic N) is 8. The number of aliphatic hydroxyl groups is 1. The molecule has 1 saturated heterocycles. The minimum absolute atomic E-state index is 0.00552. The lowest BCUT2D eigenvalue weighted by molar-refractivity contribution is -0.157. The van der Waals surface area contributed by atoms with Crippen LogP contribution in [0.15, 0.2) is 41.6 Å². The number of carbonyl (C=O) groups excluding carboxylic acids is 12. The van der Waals surface area contributed by atoms with Crippen LogP contribution in [0.1, 0.15) is 127 Å². The van der Waals surface area contributed by atoms with Gasteiger partial charge in [0, 0.05) is 74.2 Å². The summed E-state index contributed by atoms with van der Waals surface area (Å²) in [6, 6.07) is -3.29. The van der Waals surface area contributed by atoms with Gasteiger partial charge in [0.25, 0.3) is 0 Å². The number of pyridine rings is 1. The second-order valence-electron chi connectivity index (χ2n) is 24.8. The normalized spacial score (nSPS) is 23.1. The van der Waals surface area contributed by atoms with Gasteiger partial charge >= 0.3 is 0 Å². The first kappa shape index (κ1) is 80.3. The maximum Gasteiger partial charge on any atom is 0.246 e. The van der Waals surface area contributed by atoms with Gasteiger partial charge in [-0.15, -0.1) is 0 Å². The fraction of sp³-hybridized carbons (Fsp3) is 0.698. The van der Waals surface area contributed by atoms with Crippen LogP contribution in [0.3, 0.4) is 0 Å². The van der Waals surface area contributed by atoms with Gasteiger partial charge in [-0.3, -0.25) is 57.5 Å². The van der Waals surface area contributed by atoms with Crippen LogP contribution in [-0.4, -0.2) is 251 Å². The molecular formula is C63H105N13O13S2. The maximum absolute atomic E-state index is 15.1. The van der Waals surface area contributed by atoms with E-state index in [1.54, 1.807) is 63.8 Å². The van der Waals surface area contributed by atoms with Crippen LogP contribution in [0, 0.1) is 23.7 Å². The summed E-state index contributed by atoms with van der Waals surface area (Å²) in [6.07, 6.45) is 6.08. The van der Waals surface area contributed by atoms with Crippen LogP contribution in [0.25, 0.3) is 0 Å². The molecule has 2 rings (SSSR count). The number of carbonyl (C=O) groups is 12. The number of likely N-dealkylation sites (N-methyl/N-ethyl adjacent to an activating group) is 7. The molecule has 1 aromatic heterocycles. The Morgan fingerprint density at radius 3 is 1.81 bits per heavy atom. The third-order valence-corrected chi connectivity index (χ3v) is 18.1. The highest BCUT2D eigenvalue weighted by molar-refractivity contribution is 8.76. The van der Waals surface area contributed by atoms with Crippen molar-refractivity contribution in [3.05, 3.63) is 36.5 Å². The van der Waals surface area contributed by atoms with E-state index in [9.17, 15) is 53.1 Å². The van der Waals surface area contributed by atoms with E-state index in [0.717, 1.165) is 30.4 Å². The molecule has 28 heteroatoms. The molecule has 9 atom stereocenters. The van der Waals surface area contributed by atoms with Crippen LogP contribution in [0.4, 0.5) is 0 Å². The number of allylic oxidation sites excluding steroid dienone is 2. The molecule has 0 aromatic carbocycles. The van der Waals surface area contributed by atoms with Crippen molar-refractivity contribution in [2.75, 3.05) is 87.8 Å². The van der Waals surface area contributed by atoms with Crippen molar-refractivity contribution in [2.45, 2.75) is 180 Å². The minimum Gasteiger partial charge on any atom is -0.390 e. The second-order valence-corrected chi connectivity index (χ2v) is 27.2. The minimum atomic E-state index is -1.62. The molecule has 0 unspecified atom stereocenters. The van der Waals surface area contributed by atoms with E-state index in [1.165, 1.54) is 81.8 Å². The van der Waals surface area contributed by atoms with Crippen LogP contribution in [0.2, 0.25) is 0 Å². The van der Waals surface area contributed by atoms with E-state index < -0.39 is 151 Å². The molecule has 1 aliphatic rings. The van der Waals surface area contributed by atoms with Crippen molar-refractivity contribution < 1.29 is 62.6 Å². The number of rotatable bonds is 21. The molecule has 512 valence electrons. The molecule has 0 saturated carbocycles. The van der Waals surface area contributed by atoms with Crippen LogP contribution >= 0.6 is 21.6 Å². The highest BCUT2D eigenvalue weighted by Gasteiger charge is 2.45. The van der Waals surface area contributed by atoms with E-state index in [-0.39, 0.29) is 50.0 Å². The molecule has 12 amide bonds. The lowest BCUT2D eigenvalue weighted by Crippen LogP contribution is -2.63. The first-order valence-electron chi connectivity index (χ1n) is 31.4. The van der Waals surface area contributed by atoms with Gasteiger partial charge in [0.2, 0.25) is 70.9 Å². The zero-order valence-electron chi connectivity index (χ0n) is 56.7. The molecule has 0 aliphatic carbocycles. The van der Waals surface area contributed by atoms with Crippen molar-refractivity contribution >= 4 is 92.5 Å². The third kappa shape index (κ3) is 26.4. The average molecular weight is 1320 g/mol. The van der Waals surface area contributed by atoms with Gasteiger partial charge < -0.3 is 66.0 Å². The standard InChI is InChI=1S/C63H105N13O13S2/c1-18-20-26-42(9)56(82)55-57(83)69-44(19-2)59(85)72(13)38-53(81)70(11)37-51(80)68-45(27-21-23-30-64-48(77)28-25-32-90-91-52-29-22-24-31-65-52)60(86)71(12)36-50(79)66-35-49(78)67-43(10)58(84)73(14)46(33-39(3)4)61(87)74(15)47(34-40(5)6)62(88)75(16)54(41(7)8)63(89)76(55)17/h18,20,22,24,29,31,39-47,54-56,82H,19,21,23,25-28,30,32-38H2,1-17H3,(H,64,77)(H,66,79)(H,67,78)(H,68,80)(H,69,83)/b20-18+/t42-,43-,44+,45+,46+,47+,54+,55+,56-/m1/s1. The molecule has 0 radical (unpaired) electrons. The summed E-state index contributed by atoms with van der Waals surface area (Å²) in [6.45, 7) is 15.4.